The normalized spacial score (nSPS) is 18.4. The summed E-state index contributed by atoms with van der Waals surface area (Å²) in [6.45, 7) is 1.94. The van der Waals surface area contributed by atoms with Crippen molar-refractivity contribution in [3.8, 4) is 0 Å². The predicted octanol–water partition coefficient (Wildman–Crippen LogP) is 3.91. The highest BCUT2D eigenvalue weighted by atomic mass is 16.5. The molecule has 5 rings (SSSR count). The van der Waals surface area contributed by atoms with E-state index in [9.17, 15) is 19.2 Å². The highest BCUT2D eigenvalue weighted by Crippen LogP contribution is 2.43. The maximum Gasteiger partial charge on any atom is 0.338 e. The van der Waals surface area contributed by atoms with Crippen LogP contribution in [0.4, 0.5) is 5.69 Å². The van der Waals surface area contributed by atoms with Crippen molar-refractivity contribution in [1.29, 1.82) is 0 Å². The fourth-order valence-electron chi connectivity index (χ4n) is 4.69. The molecule has 166 valence electrons. The number of piperidine rings is 1. The summed E-state index contributed by atoms with van der Waals surface area (Å²) in [5.74, 6) is -1.47. The molecule has 2 aliphatic rings. The van der Waals surface area contributed by atoms with Gasteiger partial charge in [0.2, 0.25) is 11.8 Å². The summed E-state index contributed by atoms with van der Waals surface area (Å²) in [4.78, 5) is 51.6. The fraction of sp³-hybridized carbons (Fsp3) is 0.231. The SMILES string of the molecule is CCC(OC(=O)c1ccccc1)c1ccc2c3c(cccc13)N(C1CCC(=O)NC1=O)C2=O. The molecular weight excluding hydrogens is 420 g/mol. The van der Waals surface area contributed by atoms with Crippen LogP contribution < -0.4 is 10.2 Å². The van der Waals surface area contributed by atoms with Crippen LogP contribution in [0, 0.1) is 0 Å². The van der Waals surface area contributed by atoms with E-state index < -0.39 is 24.0 Å². The monoisotopic (exact) mass is 442 g/mol. The molecule has 3 aromatic rings. The van der Waals surface area contributed by atoms with Gasteiger partial charge in [-0.15, -0.1) is 0 Å². The molecule has 3 amide bonds. The highest BCUT2D eigenvalue weighted by molar-refractivity contribution is 6.27. The number of benzene rings is 3. The van der Waals surface area contributed by atoms with Crippen LogP contribution in [-0.2, 0) is 14.3 Å². The molecule has 2 unspecified atom stereocenters. The Labute approximate surface area is 190 Å². The number of rotatable bonds is 5. The number of nitrogens with one attached hydrogen (secondary N) is 1. The molecule has 0 saturated carbocycles. The van der Waals surface area contributed by atoms with E-state index in [1.807, 2.05) is 31.2 Å². The van der Waals surface area contributed by atoms with Crippen LogP contribution in [0.1, 0.15) is 58.6 Å². The van der Waals surface area contributed by atoms with Crippen molar-refractivity contribution < 1.29 is 23.9 Å². The van der Waals surface area contributed by atoms with Crippen LogP contribution >= 0.6 is 0 Å². The van der Waals surface area contributed by atoms with Gasteiger partial charge in [0, 0.05) is 22.9 Å². The van der Waals surface area contributed by atoms with E-state index in [0.717, 1.165) is 16.3 Å². The Balaban J connectivity index is 1.54. The van der Waals surface area contributed by atoms with Gasteiger partial charge < -0.3 is 4.74 Å². The minimum Gasteiger partial charge on any atom is -0.454 e. The summed E-state index contributed by atoms with van der Waals surface area (Å²) in [6.07, 6.45) is 0.523. The Hall–Kier alpha value is -4.00. The Kier molecular flexibility index (Phi) is 5.17. The average Bonchev–Trinajstić information content (AvgIpc) is 3.11. The molecule has 7 heteroatoms. The molecule has 0 spiro atoms. The molecule has 2 heterocycles. The van der Waals surface area contributed by atoms with Crippen molar-refractivity contribution in [2.75, 3.05) is 4.90 Å². The number of amides is 3. The fourth-order valence-corrected chi connectivity index (χ4v) is 4.69. The highest BCUT2D eigenvalue weighted by Gasteiger charge is 2.41. The molecule has 0 aromatic heterocycles. The van der Waals surface area contributed by atoms with Crippen LogP contribution in [0.2, 0.25) is 0 Å². The molecular formula is C26H22N2O5. The van der Waals surface area contributed by atoms with E-state index in [1.165, 1.54) is 4.90 Å². The standard InChI is InChI=1S/C26H22N2O5/c1-2-21(33-26(32)15-7-4-3-5-8-15)16-11-12-18-23-17(16)9-6-10-19(23)28(25(18)31)20-13-14-22(29)27-24(20)30/h3-12,20-21H,2,13-14H2,1H3,(H,27,29,30). The number of ether oxygens (including phenoxy) is 1. The summed E-state index contributed by atoms with van der Waals surface area (Å²) in [5.41, 5.74) is 2.41. The lowest BCUT2D eigenvalue weighted by Crippen LogP contribution is -2.53. The van der Waals surface area contributed by atoms with Gasteiger partial charge in [0.15, 0.2) is 0 Å². The minimum atomic E-state index is -0.741. The van der Waals surface area contributed by atoms with Crippen LogP contribution in [0.3, 0.4) is 0 Å². The maximum atomic E-state index is 13.3. The summed E-state index contributed by atoms with van der Waals surface area (Å²) in [5, 5.41) is 3.87. The van der Waals surface area contributed by atoms with Gasteiger partial charge in [-0.05, 0) is 42.5 Å². The van der Waals surface area contributed by atoms with Crippen molar-refractivity contribution in [2.24, 2.45) is 0 Å². The number of hydrogen-bond donors (Lipinski definition) is 1. The largest absolute Gasteiger partial charge is 0.454 e. The van der Waals surface area contributed by atoms with E-state index in [-0.39, 0.29) is 24.7 Å². The van der Waals surface area contributed by atoms with Gasteiger partial charge in [0.25, 0.3) is 5.91 Å². The van der Waals surface area contributed by atoms with E-state index in [4.69, 9.17) is 4.74 Å². The summed E-state index contributed by atoms with van der Waals surface area (Å²) in [6, 6.07) is 17.2. The topological polar surface area (TPSA) is 92.8 Å². The van der Waals surface area contributed by atoms with Gasteiger partial charge in [-0.25, -0.2) is 4.79 Å². The summed E-state index contributed by atoms with van der Waals surface area (Å²) < 4.78 is 5.84. The first-order chi connectivity index (χ1) is 16.0. The third kappa shape index (κ3) is 3.46. The first-order valence-electron chi connectivity index (χ1n) is 11.0. The predicted molar refractivity (Wildman–Crippen MR) is 122 cm³/mol. The number of anilines is 1. The third-order valence-corrected chi connectivity index (χ3v) is 6.26. The summed E-state index contributed by atoms with van der Waals surface area (Å²) >= 11 is 0. The van der Waals surface area contributed by atoms with E-state index in [2.05, 4.69) is 5.32 Å². The van der Waals surface area contributed by atoms with Crippen LogP contribution in [-0.4, -0.2) is 29.7 Å². The van der Waals surface area contributed by atoms with E-state index in [0.29, 0.717) is 23.2 Å². The lowest BCUT2D eigenvalue weighted by atomic mass is 9.95. The van der Waals surface area contributed by atoms with Gasteiger partial charge in [-0.2, -0.15) is 0 Å². The number of esters is 1. The number of hydrogen-bond acceptors (Lipinski definition) is 5. The zero-order valence-corrected chi connectivity index (χ0v) is 18.0. The molecule has 1 N–H and O–H groups in total. The van der Waals surface area contributed by atoms with Crippen molar-refractivity contribution >= 4 is 40.2 Å². The maximum absolute atomic E-state index is 13.3. The Morgan fingerprint density at radius 2 is 1.85 bits per heavy atom. The smallest absolute Gasteiger partial charge is 0.338 e. The second kappa shape index (κ2) is 8.16. The quantitative estimate of drug-likeness (QED) is 0.478. The number of carbonyl (C=O) groups excluding carboxylic acids is 4. The first-order valence-corrected chi connectivity index (χ1v) is 11.0. The van der Waals surface area contributed by atoms with Crippen molar-refractivity contribution in [3.63, 3.8) is 0 Å². The lowest BCUT2D eigenvalue weighted by molar-refractivity contribution is -0.134. The third-order valence-electron chi connectivity index (χ3n) is 6.26. The van der Waals surface area contributed by atoms with Crippen LogP contribution in [0.25, 0.3) is 10.8 Å². The molecule has 0 radical (unpaired) electrons. The van der Waals surface area contributed by atoms with Gasteiger partial charge in [-0.3, -0.25) is 24.6 Å². The van der Waals surface area contributed by atoms with Crippen LogP contribution in [0.5, 0.6) is 0 Å². The Bertz CT molecular complexity index is 1300. The molecule has 0 aliphatic carbocycles. The number of nitrogens with zero attached hydrogens (tertiary/aromatic N) is 1. The molecule has 3 aromatic carbocycles. The average molecular weight is 442 g/mol. The van der Waals surface area contributed by atoms with Crippen molar-refractivity contribution in [1.82, 2.24) is 5.32 Å². The number of carbonyl (C=O) groups is 4. The Morgan fingerprint density at radius 3 is 2.58 bits per heavy atom. The second-order valence-corrected chi connectivity index (χ2v) is 8.21. The zero-order chi connectivity index (χ0) is 23.1. The lowest BCUT2D eigenvalue weighted by Gasteiger charge is -2.30. The molecule has 0 bridgehead atoms. The first kappa shape index (κ1) is 20.9. The van der Waals surface area contributed by atoms with Crippen LogP contribution in [0.15, 0.2) is 60.7 Å². The van der Waals surface area contributed by atoms with Gasteiger partial charge >= 0.3 is 5.97 Å². The Morgan fingerprint density at radius 1 is 1.06 bits per heavy atom. The molecule has 1 fully saturated rings. The molecule has 7 nitrogen and oxygen atoms in total. The summed E-state index contributed by atoms with van der Waals surface area (Å²) in [7, 11) is 0. The molecule has 33 heavy (non-hydrogen) atoms. The van der Waals surface area contributed by atoms with Crippen molar-refractivity contribution in [2.45, 2.75) is 38.3 Å². The van der Waals surface area contributed by atoms with Crippen molar-refractivity contribution in [3.05, 3.63) is 77.4 Å². The van der Waals surface area contributed by atoms with Gasteiger partial charge in [-0.1, -0.05) is 43.3 Å². The number of imide groups is 1. The molecule has 2 atom stereocenters. The molecule has 2 aliphatic heterocycles. The molecule has 1 saturated heterocycles. The van der Waals surface area contributed by atoms with Gasteiger partial charge in [0.1, 0.15) is 12.1 Å². The zero-order valence-electron chi connectivity index (χ0n) is 18.0. The van der Waals surface area contributed by atoms with E-state index in [1.54, 1.807) is 36.4 Å². The second-order valence-electron chi connectivity index (χ2n) is 8.21. The van der Waals surface area contributed by atoms with Gasteiger partial charge in [0.05, 0.1) is 11.3 Å². The van der Waals surface area contributed by atoms with E-state index >= 15 is 0 Å². The minimum absolute atomic E-state index is 0.186.